The van der Waals surface area contributed by atoms with Crippen molar-refractivity contribution in [3.05, 3.63) is 88.1 Å². The lowest BCUT2D eigenvalue weighted by molar-refractivity contribution is 0.174. The van der Waals surface area contributed by atoms with Crippen LogP contribution >= 0.6 is 7.60 Å². The molecule has 1 aromatic heterocycles. The van der Waals surface area contributed by atoms with Crippen LogP contribution in [0.25, 0.3) is 22.2 Å². The third-order valence-corrected chi connectivity index (χ3v) is 6.41. The molecule has 0 amide bonds. The molecule has 0 aliphatic carbocycles. The summed E-state index contributed by atoms with van der Waals surface area (Å²) in [4.78, 5) is 16.1. The van der Waals surface area contributed by atoms with E-state index in [0.717, 1.165) is 16.7 Å². The van der Waals surface area contributed by atoms with E-state index in [9.17, 15) is 9.36 Å². The maximum absolute atomic E-state index is 12.9. The van der Waals surface area contributed by atoms with Gasteiger partial charge in [0, 0.05) is 35.4 Å². The smallest absolute Gasteiger partial charge is 0.376 e. The standard InChI is InChI=1S/C25H22NO6P/c1-16-8-18(10-19(9-16)32-33(2,28)31-14-17-6-4-3-5-7-17)21-12-23(27)20-11-24-25(30-15-29-24)13-22(20)26-21/h3-13H,14-15H2,1-2H3,(H,26,27). The first-order valence-electron chi connectivity index (χ1n) is 10.4. The van der Waals surface area contributed by atoms with Crippen molar-refractivity contribution >= 4 is 18.5 Å². The van der Waals surface area contributed by atoms with E-state index in [1.165, 1.54) is 12.7 Å². The summed E-state index contributed by atoms with van der Waals surface area (Å²) in [6.45, 7) is 3.66. The van der Waals surface area contributed by atoms with Gasteiger partial charge in [-0.15, -0.1) is 0 Å². The molecule has 1 N–H and O–H groups in total. The summed E-state index contributed by atoms with van der Waals surface area (Å²) < 4.78 is 35.1. The van der Waals surface area contributed by atoms with Crippen molar-refractivity contribution in [2.75, 3.05) is 13.5 Å². The number of hydrogen-bond acceptors (Lipinski definition) is 6. The van der Waals surface area contributed by atoms with Gasteiger partial charge in [0.05, 0.1) is 12.1 Å². The number of fused-ring (bicyclic) bond motifs is 2. The van der Waals surface area contributed by atoms with Gasteiger partial charge in [-0.25, -0.2) is 4.57 Å². The first kappa shape index (κ1) is 21.3. The monoisotopic (exact) mass is 463 g/mol. The number of hydrogen-bond donors (Lipinski definition) is 1. The fourth-order valence-corrected chi connectivity index (χ4v) is 4.66. The Kier molecular flexibility index (Phi) is 5.44. The van der Waals surface area contributed by atoms with Gasteiger partial charge in [-0.1, -0.05) is 30.3 Å². The van der Waals surface area contributed by atoms with Crippen molar-refractivity contribution in [1.29, 1.82) is 0 Å². The summed E-state index contributed by atoms with van der Waals surface area (Å²) in [6.07, 6.45) is 0. The molecule has 0 saturated heterocycles. The number of aromatic nitrogens is 1. The second-order valence-corrected chi connectivity index (χ2v) is 9.94. The van der Waals surface area contributed by atoms with Gasteiger partial charge in [-0.3, -0.25) is 9.32 Å². The number of pyridine rings is 1. The fourth-order valence-electron chi connectivity index (χ4n) is 3.73. The highest BCUT2D eigenvalue weighted by Crippen LogP contribution is 2.46. The van der Waals surface area contributed by atoms with Gasteiger partial charge in [0.15, 0.2) is 16.9 Å². The Balaban J connectivity index is 1.44. The van der Waals surface area contributed by atoms with Crippen LogP contribution in [0, 0.1) is 6.92 Å². The molecule has 0 spiro atoms. The molecule has 4 aromatic rings. The Morgan fingerprint density at radius 1 is 1.00 bits per heavy atom. The van der Waals surface area contributed by atoms with Gasteiger partial charge >= 0.3 is 7.60 Å². The van der Waals surface area contributed by atoms with Crippen molar-refractivity contribution in [2.24, 2.45) is 0 Å². The highest BCUT2D eigenvalue weighted by molar-refractivity contribution is 7.53. The maximum Gasteiger partial charge on any atom is 0.376 e. The molecule has 8 heteroatoms. The lowest BCUT2D eigenvalue weighted by atomic mass is 10.1. The van der Waals surface area contributed by atoms with Crippen LogP contribution in [0.4, 0.5) is 0 Å². The van der Waals surface area contributed by atoms with Gasteiger partial charge in [0.2, 0.25) is 6.79 Å². The number of benzene rings is 3. The normalized spacial score (nSPS) is 14.2. The number of aromatic amines is 1. The molecule has 168 valence electrons. The second-order valence-electron chi connectivity index (χ2n) is 7.95. The van der Waals surface area contributed by atoms with E-state index < -0.39 is 7.60 Å². The van der Waals surface area contributed by atoms with Crippen LogP contribution in [-0.4, -0.2) is 18.4 Å². The quantitative estimate of drug-likeness (QED) is 0.372. The average molecular weight is 463 g/mol. The molecule has 0 saturated carbocycles. The van der Waals surface area contributed by atoms with Crippen molar-refractivity contribution in [3.63, 3.8) is 0 Å². The van der Waals surface area contributed by atoms with Gasteiger partial charge in [0.25, 0.3) is 0 Å². The molecule has 0 radical (unpaired) electrons. The minimum absolute atomic E-state index is 0.134. The lowest BCUT2D eigenvalue weighted by Gasteiger charge is -2.17. The van der Waals surface area contributed by atoms with Crippen LogP contribution in [-0.2, 0) is 15.7 Å². The highest BCUT2D eigenvalue weighted by Gasteiger charge is 2.20. The SMILES string of the molecule is Cc1cc(OP(C)(=O)OCc2ccccc2)cc(-c2cc(=O)c3cc4c(cc3[nH]2)OCO4)c1. The summed E-state index contributed by atoms with van der Waals surface area (Å²) in [7, 11) is -3.37. The highest BCUT2D eigenvalue weighted by atomic mass is 31.2. The minimum Gasteiger partial charge on any atom is -0.454 e. The molecule has 7 nitrogen and oxygen atoms in total. The summed E-state index contributed by atoms with van der Waals surface area (Å²) in [6, 6.07) is 19.9. The summed E-state index contributed by atoms with van der Waals surface area (Å²) in [5.74, 6) is 1.54. The van der Waals surface area contributed by atoms with E-state index in [2.05, 4.69) is 4.98 Å². The van der Waals surface area contributed by atoms with Crippen molar-refractivity contribution in [3.8, 4) is 28.5 Å². The molecule has 2 heterocycles. The second kappa shape index (κ2) is 8.43. The zero-order valence-corrected chi connectivity index (χ0v) is 19.1. The van der Waals surface area contributed by atoms with Gasteiger partial charge in [-0.05, 0) is 42.3 Å². The zero-order chi connectivity index (χ0) is 23.0. The molecule has 1 unspecified atom stereocenters. The first-order chi connectivity index (χ1) is 15.9. The van der Waals surface area contributed by atoms with Crippen molar-refractivity contribution in [1.82, 2.24) is 4.98 Å². The third-order valence-electron chi connectivity index (χ3n) is 5.26. The topological polar surface area (TPSA) is 86.9 Å². The minimum atomic E-state index is -3.37. The predicted molar refractivity (Wildman–Crippen MR) is 126 cm³/mol. The number of nitrogens with one attached hydrogen (secondary N) is 1. The molecular weight excluding hydrogens is 441 g/mol. The van der Waals surface area contributed by atoms with Crippen molar-refractivity contribution < 1.29 is 23.1 Å². The van der Waals surface area contributed by atoms with Crippen LogP contribution in [0.1, 0.15) is 11.1 Å². The molecule has 0 fully saturated rings. The van der Waals surface area contributed by atoms with Crippen LogP contribution < -0.4 is 19.4 Å². The largest absolute Gasteiger partial charge is 0.454 e. The molecule has 33 heavy (non-hydrogen) atoms. The van der Waals surface area contributed by atoms with E-state index in [0.29, 0.717) is 33.8 Å². The summed E-state index contributed by atoms with van der Waals surface area (Å²) in [5, 5.41) is 0.513. The Morgan fingerprint density at radius 3 is 2.55 bits per heavy atom. The predicted octanol–water partition coefficient (Wildman–Crippen LogP) is 5.65. The van der Waals surface area contributed by atoms with E-state index in [1.807, 2.05) is 43.3 Å². The Hall–Kier alpha value is -3.54. The van der Waals surface area contributed by atoms with Crippen molar-refractivity contribution in [2.45, 2.75) is 13.5 Å². The molecule has 1 aliphatic heterocycles. The van der Waals surface area contributed by atoms with Crippen LogP contribution in [0.3, 0.4) is 0 Å². The molecule has 5 rings (SSSR count). The van der Waals surface area contributed by atoms with E-state index >= 15 is 0 Å². The number of aryl methyl sites for hydroxylation is 1. The van der Waals surface area contributed by atoms with Gasteiger partial charge in [0.1, 0.15) is 5.75 Å². The fraction of sp³-hybridized carbons (Fsp3) is 0.160. The van der Waals surface area contributed by atoms with Gasteiger partial charge in [-0.2, -0.15) is 0 Å². The number of rotatable bonds is 6. The Morgan fingerprint density at radius 2 is 1.76 bits per heavy atom. The van der Waals surface area contributed by atoms with Crippen LogP contribution in [0.15, 0.2) is 71.5 Å². The van der Waals surface area contributed by atoms with E-state index in [1.54, 1.807) is 24.3 Å². The summed E-state index contributed by atoms with van der Waals surface area (Å²) >= 11 is 0. The molecule has 1 aliphatic rings. The zero-order valence-electron chi connectivity index (χ0n) is 18.2. The average Bonchev–Trinajstić information content (AvgIpc) is 3.24. The summed E-state index contributed by atoms with van der Waals surface area (Å²) in [5.41, 5.74) is 3.62. The third kappa shape index (κ3) is 4.65. The molecule has 0 bridgehead atoms. The Labute approximate surface area is 190 Å². The lowest BCUT2D eigenvalue weighted by Crippen LogP contribution is -2.03. The van der Waals surface area contributed by atoms with E-state index in [-0.39, 0.29) is 18.8 Å². The first-order valence-corrected chi connectivity index (χ1v) is 12.4. The van der Waals surface area contributed by atoms with E-state index in [4.69, 9.17) is 18.5 Å². The van der Waals surface area contributed by atoms with Gasteiger partial charge < -0.3 is 19.0 Å². The van der Waals surface area contributed by atoms with Crippen LogP contribution in [0.2, 0.25) is 0 Å². The number of H-pyrrole nitrogens is 1. The molecule has 3 aromatic carbocycles. The molecular formula is C25H22NO6P. The molecule has 1 atom stereocenters. The maximum atomic E-state index is 12.9. The van der Waals surface area contributed by atoms with Crippen LogP contribution in [0.5, 0.6) is 17.2 Å². The Bertz CT molecular complexity index is 1450. The number of ether oxygens (including phenoxy) is 2.